The Morgan fingerprint density at radius 1 is 1.17 bits per heavy atom. The van der Waals surface area contributed by atoms with Crippen LogP contribution in [0.5, 0.6) is 0 Å². The number of hydrogen-bond acceptors (Lipinski definition) is 7. The molecule has 0 aliphatic carbocycles. The lowest BCUT2D eigenvalue weighted by atomic mass is 9.80. The van der Waals surface area contributed by atoms with E-state index < -0.39 is 13.0 Å². The van der Waals surface area contributed by atoms with E-state index in [-0.39, 0.29) is 0 Å². The molecule has 0 radical (unpaired) electrons. The van der Waals surface area contributed by atoms with Gasteiger partial charge in [-0.3, -0.25) is 9.89 Å². The fourth-order valence-electron chi connectivity index (χ4n) is 3.04. The van der Waals surface area contributed by atoms with Gasteiger partial charge in [-0.25, -0.2) is 9.97 Å². The minimum atomic E-state index is -1.51. The molecule has 0 fully saturated rings. The minimum Gasteiger partial charge on any atom is -0.423 e. The standard InChI is InChI=1S/C19H17BN6O3/c21-18(27)14-6-2-5-13-16(14)25-26-17(13)19-22-8-7-15(24-19)23-10-11-3-1-4-12(9-11)20(28)29/h1-9,28-29H,10H2,(H2,21,27)(H,25,26)(H,22,23,24). The molecule has 0 saturated carbocycles. The molecule has 29 heavy (non-hydrogen) atoms. The quantitative estimate of drug-likeness (QED) is 0.300. The van der Waals surface area contributed by atoms with Crippen molar-refractivity contribution in [1.82, 2.24) is 20.2 Å². The maximum absolute atomic E-state index is 11.6. The van der Waals surface area contributed by atoms with Crippen LogP contribution in [-0.2, 0) is 6.54 Å². The number of rotatable bonds is 6. The van der Waals surface area contributed by atoms with Gasteiger partial charge in [0.15, 0.2) is 5.82 Å². The molecule has 0 aliphatic heterocycles. The lowest BCUT2D eigenvalue weighted by Gasteiger charge is -2.08. The summed E-state index contributed by atoms with van der Waals surface area (Å²) in [5.74, 6) is 0.442. The number of aromatic amines is 1. The number of fused-ring (bicyclic) bond motifs is 1. The van der Waals surface area contributed by atoms with Gasteiger partial charge in [-0.05, 0) is 23.2 Å². The number of nitrogens with one attached hydrogen (secondary N) is 2. The second kappa shape index (κ2) is 7.70. The van der Waals surface area contributed by atoms with E-state index in [4.69, 9.17) is 5.73 Å². The van der Waals surface area contributed by atoms with Crippen LogP contribution >= 0.6 is 0 Å². The molecule has 0 bridgehead atoms. The maximum Gasteiger partial charge on any atom is 0.488 e. The third kappa shape index (κ3) is 3.79. The number of benzene rings is 2. The molecule has 6 N–H and O–H groups in total. The third-order valence-corrected chi connectivity index (χ3v) is 4.45. The number of carbonyl (C=O) groups is 1. The molecule has 10 heteroatoms. The molecule has 0 atom stereocenters. The van der Waals surface area contributed by atoms with Crippen LogP contribution in [0.1, 0.15) is 15.9 Å². The molecule has 0 spiro atoms. The number of carbonyl (C=O) groups excluding carboxylic acids is 1. The summed E-state index contributed by atoms with van der Waals surface area (Å²) in [5.41, 5.74) is 8.07. The Kier molecular flexibility index (Phi) is 4.94. The van der Waals surface area contributed by atoms with E-state index in [0.717, 1.165) is 5.56 Å². The van der Waals surface area contributed by atoms with E-state index in [1.807, 2.05) is 12.1 Å². The molecule has 0 aliphatic rings. The lowest BCUT2D eigenvalue weighted by Crippen LogP contribution is -2.30. The van der Waals surface area contributed by atoms with E-state index in [9.17, 15) is 14.8 Å². The summed E-state index contributed by atoms with van der Waals surface area (Å²) in [5, 5.41) is 29.5. The van der Waals surface area contributed by atoms with Crippen LogP contribution in [0.4, 0.5) is 5.82 Å². The topological polar surface area (TPSA) is 150 Å². The molecule has 9 nitrogen and oxygen atoms in total. The van der Waals surface area contributed by atoms with Crippen molar-refractivity contribution in [3.05, 3.63) is 65.9 Å². The molecule has 2 heterocycles. The highest BCUT2D eigenvalue weighted by molar-refractivity contribution is 6.58. The summed E-state index contributed by atoms with van der Waals surface area (Å²) in [6.45, 7) is 0.437. The highest BCUT2D eigenvalue weighted by Gasteiger charge is 2.16. The van der Waals surface area contributed by atoms with Gasteiger partial charge in [0.1, 0.15) is 17.0 Å². The van der Waals surface area contributed by atoms with Crippen LogP contribution in [-0.4, -0.2) is 43.2 Å². The molecule has 4 aromatic rings. The second-order valence-electron chi connectivity index (χ2n) is 6.40. The Morgan fingerprint density at radius 3 is 2.79 bits per heavy atom. The van der Waals surface area contributed by atoms with Crippen LogP contribution in [0.3, 0.4) is 0 Å². The SMILES string of the molecule is NC(=O)c1cccc2c(-c3nccc(NCc4cccc(B(O)O)c4)n3)[nH]nc12. The zero-order chi connectivity index (χ0) is 20.4. The van der Waals surface area contributed by atoms with Crippen molar-refractivity contribution in [1.29, 1.82) is 0 Å². The van der Waals surface area contributed by atoms with Gasteiger partial charge in [0, 0.05) is 18.1 Å². The summed E-state index contributed by atoms with van der Waals surface area (Å²) in [4.78, 5) is 20.4. The predicted octanol–water partition coefficient (Wildman–Crippen LogP) is 0.411. The first kappa shape index (κ1) is 18.6. The molecule has 2 aromatic carbocycles. The minimum absolute atomic E-state index is 0.324. The highest BCUT2D eigenvalue weighted by Crippen LogP contribution is 2.26. The molecular formula is C19H17BN6O3. The van der Waals surface area contributed by atoms with Crippen LogP contribution in [0.15, 0.2) is 54.7 Å². The van der Waals surface area contributed by atoms with Crippen molar-refractivity contribution in [3.8, 4) is 11.5 Å². The first-order chi connectivity index (χ1) is 14.0. The van der Waals surface area contributed by atoms with Crippen molar-refractivity contribution in [2.45, 2.75) is 6.54 Å². The largest absolute Gasteiger partial charge is 0.488 e. The monoisotopic (exact) mass is 388 g/mol. The van der Waals surface area contributed by atoms with E-state index in [1.165, 1.54) is 0 Å². The first-order valence-electron chi connectivity index (χ1n) is 8.82. The zero-order valence-corrected chi connectivity index (χ0v) is 15.2. The van der Waals surface area contributed by atoms with Crippen molar-refractivity contribution in [3.63, 3.8) is 0 Å². The van der Waals surface area contributed by atoms with Gasteiger partial charge in [0.05, 0.1) is 5.56 Å². The van der Waals surface area contributed by atoms with Gasteiger partial charge in [0.25, 0.3) is 5.91 Å². The molecule has 4 rings (SSSR count). The number of H-pyrrole nitrogens is 1. The number of amides is 1. The lowest BCUT2D eigenvalue weighted by molar-refractivity contribution is 0.100. The first-order valence-corrected chi connectivity index (χ1v) is 8.82. The van der Waals surface area contributed by atoms with Crippen LogP contribution in [0.2, 0.25) is 0 Å². The fourth-order valence-corrected chi connectivity index (χ4v) is 3.04. The average molecular weight is 388 g/mol. The van der Waals surface area contributed by atoms with Crippen molar-refractivity contribution in [2.24, 2.45) is 5.73 Å². The number of primary amides is 1. The van der Waals surface area contributed by atoms with E-state index in [2.05, 4.69) is 25.5 Å². The average Bonchev–Trinajstić information content (AvgIpc) is 3.17. The molecular weight excluding hydrogens is 371 g/mol. The Bertz CT molecular complexity index is 1190. The second-order valence-corrected chi connectivity index (χ2v) is 6.40. The van der Waals surface area contributed by atoms with Crippen LogP contribution in [0, 0.1) is 0 Å². The Balaban J connectivity index is 1.60. The highest BCUT2D eigenvalue weighted by atomic mass is 16.4. The van der Waals surface area contributed by atoms with E-state index >= 15 is 0 Å². The number of anilines is 1. The van der Waals surface area contributed by atoms with Gasteiger partial charge in [-0.2, -0.15) is 5.10 Å². The molecule has 0 unspecified atom stereocenters. The number of hydrogen-bond donors (Lipinski definition) is 5. The number of nitrogens with two attached hydrogens (primary N) is 1. The number of nitrogens with zero attached hydrogens (tertiary/aromatic N) is 3. The summed E-state index contributed by atoms with van der Waals surface area (Å²) in [7, 11) is -1.51. The zero-order valence-electron chi connectivity index (χ0n) is 15.2. The Labute approximate surface area is 165 Å². The van der Waals surface area contributed by atoms with Gasteiger partial charge < -0.3 is 21.1 Å². The maximum atomic E-state index is 11.6. The van der Waals surface area contributed by atoms with E-state index in [0.29, 0.717) is 45.8 Å². The van der Waals surface area contributed by atoms with Crippen molar-refractivity contribution < 1.29 is 14.8 Å². The summed E-state index contributed by atoms with van der Waals surface area (Å²) in [6, 6.07) is 13.8. The number of para-hydroxylation sites is 1. The predicted molar refractivity (Wildman–Crippen MR) is 109 cm³/mol. The van der Waals surface area contributed by atoms with Gasteiger partial charge >= 0.3 is 7.12 Å². The van der Waals surface area contributed by atoms with Crippen molar-refractivity contribution in [2.75, 3.05) is 5.32 Å². The Hall–Kier alpha value is -3.76. The van der Waals surface area contributed by atoms with Crippen molar-refractivity contribution >= 4 is 35.2 Å². The van der Waals surface area contributed by atoms with Crippen LogP contribution < -0.4 is 16.5 Å². The van der Waals surface area contributed by atoms with Gasteiger partial charge in [-0.1, -0.05) is 36.4 Å². The Morgan fingerprint density at radius 2 is 2.00 bits per heavy atom. The van der Waals surface area contributed by atoms with Gasteiger partial charge in [-0.15, -0.1) is 0 Å². The normalized spacial score (nSPS) is 10.8. The third-order valence-electron chi connectivity index (χ3n) is 4.45. The molecule has 1 amide bonds. The summed E-state index contributed by atoms with van der Waals surface area (Å²) >= 11 is 0. The molecule has 144 valence electrons. The van der Waals surface area contributed by atoms with Crippen LogP contribution in [0.25, 0.3) is 22.4 Å². The van der Waals surface area contributed by atoms with E-state index in [1.54, 1.807) is 42.6 Å². The summed E-state index contributed by atoms with van der Waals surface area (Å²) < 4.78 is 0. The fraction of sp³-hybridized carbons (Fsp3) is 0.0526. The smallest absolute Gasteiger partial charge is 0.423 e. The van der Waals surface area contributed by atoms with Gasteiger partial charge in [0.2, 0.25) is 0 Å². The number of aromatic nitrogens is 4. The molecule has 2 aromatic heterocycles. The summed E-state index contributed by atoms with van der Waals surface area (Å²) in [6.07, 6.45) is 1.61. The molecule has 0 saturated heterocycles.